The molecule has 0 spiro atoms. The molecule has 21 heteroatoms. The number of piperidine rings is 1. The van der Waals surface area contributed by atoms with Crippen LogP contribution >= 0.6 is 0 Å². The van der Waals surface area contributed by atoms with Crippen molar-refractivity contribution in [2.45, 2.75) is 273 Å². The van der Waals surface area contributed by atoms with E-state index < -0.39 is 88.3 Å². The molecule has 0 radical (unpaired) electrons. The van der Waals surface area contributed by atoms with Gasteiger partial charge in [0.15, 0.2) is 0 Å². The summed E-state index contributed by atoms with van der Waals surface area (Å²) < 4.78 is 0. The van der Waals surface area contributed by atoms with Gasteiger partial charge in [0.25, 0.3) is 0 Å². The van der Waals surface area contributed by atoms with Gasteiger partial charge in [-0.25, -0.2) is 0 Å². The average molecular weight is 1190 g/mol. The summed E-state index contributed by atoms with van der Waals surface area (Å²) in [6, 6.07) is -4.39. The van der Waals surface area contributed by atoms with Crippen molar-refractivity contribution in [2.24, 2.45) is 29.6 Å². The minimum atomic E-state index is -1.63. The molecule has 0 aromatic heterocycles. The smallest absolute Gasteiger partial charge is 0.246 e. The molecule has 2 unspecified atom stereocenters. The van der Waals surface area contributed by atoms with E-state index in [9.17, 15) is 47.9 Å². The van der Waals surface area contributed by atoms with Gasteiger partial charge < -0.3 is 57.2 Å². The minimum absolute atomic E-state index is 0.0484. The van der Waals surface area contributed by atoms with Crippen LogP contribution in [0.5, 0.6) is 0 Å². The third kappa shape index (κ3) is 26.5. The normalized spacial score (nSPS) is 18.3. The maximum absolute atomic E-state index is 14.6. The van der Waals surface area contributed by atoms with Gasteiger partial charge in [-0.3, -0.25) is 47.9 Å². The molecule has 8 N–H and O–H groups in total. The quantitative estimate of drug-likeness (QED) is 0.0262. The van der Waals surface area contributed by atoms with E-state index in [-0.39, 0.29) is 61.8 Å². The molecule has 2 heterocycles. The number of nitrogens with one attached hydrogen (secondary N) is 8. The molecule has 2 fully saturated rings. The Balaban J connectivity index is 2.21. The molecule has 7 atom stereocenters. The zero-order valence-corrected chi connectivity index (χ0v) is 54.7. The van der Waals surface area contributed by atoms with Crippen LogP contribution in [0.3, 0.4) is 0 Å². The van der Waals surface area contributed by atoms with Crippen LogP contribution in [0.2, 0.25) is 0 Å². The molecule has 0 aromatic carbocycles. The molecule has 482 valence electrons. The Bertz CT molecular complexity index is 2120. The van der Waals surface area contributed by atoms with Gasteiger partial charge in [-0.15, -0.1) is 0 Å². The second-order valence-corrected chi connectivity index (χ2v) is 27.2. The van der Waals surface area contributed by atoms with Crippen molar-refractivity contribution in [3.05, 3.63) is 0 Å². The van der Waals surface area contributed by atoms with Gasteiger partial charge in [-0.05, 0) is 122 Å². The first-order chi connectivity index (χ1) is 39.3. The Kier molecular flexibility index (Phi) is 32.6. The van der Waals surface area contributed by atoms with Crippen molar-refractivity contribution in [2.75, 3.05) is 39.3 Å². The Morgan fingerprint density at radius 1 is 0.560 bits per heavy atom. The zero-order valence-electron chi connectivity index (χ0n) is 54.7. The topological polar surface area (TPSA) is 277 Å². The van der Waals surface area contributed by atoms with Gasteiger partial charge in [-0.2, -0.15) is 0 Å². The van der Waals surface area contributed by atoms with E-state index in [4.69, 9.17) is 0 Å². The first-order valence-electron chi connectivity index (χ1n) is 32.0. The van der Waals surface area contributed by atoms with Crippen molar-refractivity contribution < 1.29 is 47.9 Å². The minimum Gasteiger partial charge on any atom is -0.355 e. The molecule has 21 nitrogen and oxygen atoms in total. The molecule has 10 amide bonds. The number of nitrogens with zero attached hydrogens (tertiary/aromatic N) is 3. The highest BCUT2D eigenvalue weighted by molar-refractivity contribution is 5.99. The van der Waals surface area contributed by atoms with E-state index in [1.165, 1.54) is 52.9 Å². The van der Waals surface area contributed by atoms with E-state index in [0.29, 0.717) is 63.4 Å². The highest BCUT2D eigenvalue weighted by Gasteiger charge is 2.42. The summed E-state index contributed by atoms with van der Waals surface area (Å²) >= 11 is 0. The van der Waals surface area contributed by atoms with Crippen molar-refractivity contribution in [3.8, 4) is 0 Å². The summed E-state index contributed by atoms with van der Waals surface area (Å²) in [5.41, 5.74) is -4.64. The lowest BCUT2D eigenvalue weighted by atomic mass is 9.92. The lowest BCUT2D eigenvalue weighted by molar-refractivity contribution is -0.146. The lowest BCUT2D eigenvalue weighted by Crippen LogP contribution is -2.65. The first kappa shape index (κ1) is 74.8. The third-order valence-corrected chi connectivity index (χ3v) is 15.8. The average Bonchev–Trinajstić information content (AvgIpc) is 3.99. The Morgan fingerprint density at radius 2 is 1.05 bits per heavy atom. The van der Waals surface area contributed by atoms with Crippen LogP contribution in [-0.2, 0) is 47.9 Å². The van der Waals surface area contributed by atoms with E-state index in [1.807, 2.05) is 41.5 Å². The summed E-state index contributed by atoms with van der Waals surface area (Å²) in [6.07, 6.45) is 12.1. The summed E-state index contributed by atoms with van der Waals surface area (Å²) in [7, 11) is 0. The molecule has 0 aromatic rings. The van der Waals surface area contributed by atoms with Crippen LogP contribution in [0.15, 0.2) is 0 Å². The Labute approximate surface area is 505 Å². The van der Waals surface area contributed by atoms with Crippen LogP contribution in [0.25, 0.3) is 0 Å². The van der Waals surface area contributed by atoms with Crippen LogP contribution in [0, 0.1) is 29.6 Å². The number of carbonyl (C=O) groups excluding carboxylic acids is 10. The van der Waals surface area contributed by atoms with E-state index in [0.717, 1.165) is 71.0 Å². The molecule has 2 aliphatic rings. The number of unbranched alkanes of at least 4 members (excludes halogenated alkanes) is 7. The van der Waals surface area contributed by atoms with E-state index in [2.05, 4.69) is 75.1 Å². The number of hydrogen-bond donors (Lipinski definition) is 8. The van der Waals surface area contributed by atoms with Gasteiger partial charge in [-0.1, -0.05) is 121 Å². The summed E-state index contributed by atoms with van der Waals surface area (Å²) in [5, 5.41) is 22.5. The fraction of sp³-hybridized carbons (Fsp3) is 0.841. The van der Waals surface area contributed by atoms with E-state index in [1.54, 1.807) is 4.90 Å². The second-order valence-electron chi connectivity index (χ2n) is 27.2. The first-order valence-corrected chi connectivity index (χ1v) is 32.0. The molecule has 0 saturated carbocycles. The molecular formula is C63H115N11O10. The number of likely N-dealkylation sites (tertiary alicyclic amines) is 2. The molecule has 2 saturated heterocycles. The van der Waals surface area contributed by atoms with Gasteiger partial charge in [0, 0.05) is 52.1 Å². The number of amides is 10. The molecule has 84 heavy (non-hydrogen) atoms. The van der Waals surface area contributed by atoms with Crippen molar-refractivity contribution in [3.63, 3.8) is 0 Å². The molecule has 0 bridgehead atoms. The maximum Gasteiger partial charge on any atom is 0.246 e. The number of rotatable bonds is 39. The molecule has 2 rings (SSSR count). The predicted molar refractivity (Wildman–Crippen MR) is 329 cm³/mol. The zero-order chi connectivity index (χ0) is 63.5. The lowest BCUT2D eigenvalue weighted by Gasteiger charge is -2.38. The van der Waals surface area contributed by atoms with Crippen LogP contribution in [-0.4, -0.2) is 160 Å². The summed E-state index contributed by atoms with van der Waals surface area (Å²) in [4.78, 5) is 144. The molecule has 0 aliphatic carbocycles. The van der Waals surface area contributed by atoms with Gasteiger partial charge >= 0.3 is 0 Å². The predicted octanol–water partition coefficient (Wildman–Crippen LogP) is 5.97. The van der Waals surface area contributed by atoms with Crippen LogP contribution < -0.4 is 42.5 Å². The van der Waals surface area contributed by atoms with Crippen molar-refractivity contribution in [1.82, 2.24) is 57.2 Å². The SMILES string of the molecule is CCCCCCCC[C@@H](C(=O)N[C@@H](CC(C)C)C(=O)NC(C)(C)C(=O)N[C@@H](CC(C)C)C(=O)N[C@@H](CC(C)C)C(=O)NC(C)(C)C(=O)NC(C)(C)C(=O)NCCC(=O)NCCN1CC(C)CC(C)C1)N(C=O)[C@@H]1CCCN1C(=O)CCCCC. The van der Waals surface area contributed by atoms with Crippen molar-refractivity contribution in [1.29, 1.82) is 0 Å². The largest absolute Gasteiger partial charge is 0.355 e. The highest BCUT2D eigenvalue weighted by atomic mass is 16.2. The number of hydrogen-bond acceptors (Lipinski definition) is 11. The van der Waals surface area contributed by atoms with E-state index >= 15 is 0 Å². The number of carbonyl (C=O) groups is 10. The van der Waals surface area contributed by atoms with Gasteiger partial charge in [0.2, 0.25) is 59.6 Å². The second kappa shape index (κ2) is 36.6. The summed E-state index contributed by atoms with van der Waals surface area (Å²) in [5.74, 6) is -3.72. The maximum atomic E-state index is 14.6. The van der Waals surface area contributed by atoms with Gasteiger partial charge in [0.1, 0.15) is 46.9 Å². The fourth-order valence-electron chi connectivity index (χ4n) is 11.2. The standard InChI is InChI=1S/C63H115N11O10/c1-17-19-21-22-23-25-27-50(74(41-75)52-28-26-33-73(52)53(77)29-24-20-18-2)57(81)67-49(37-44(7)8)56(80)69-62(13,14)59(83)68-47(35-42(3)4)54(78)66-48(36-43(5)6)55(79)70-63(15,16)60(84)71-61(11,12)58(82)65-31-30-51(76)64-32-34-72-39-45(9)38-46(10)40-72/h41-50,52H,17-40H2,1-16H3,(H,64,76)(H,65,82)(H,66,78)(H,67,81)(H,68,83)(H,69,80)(H,70,79)(H,71,84)/t45?,46?,47-,48-,49-,50-,52+/m0/s1. The summed E-state index contributed by atoms with van der Waals surface area (Å²) in [6.45, 7) is 32.7. The fourth-order valence-corrected chi connectivity index (χ4v) is 11.2. The Morgan fingerprint density at radius 3 is 1.58 bits per heavy atom. The van der Waals surface area contributed by atoms with Gasteiger partial charge in [0.05, 0.1) is 0 Å². The highest BCUT2D eigenvalue weighted by Crippen LogP contribution is 2.27. The van der Waals surface area contributed by atoms with Crippen LogP contribution in [0.1, 0.15) is 226 Å². The van der Waals surface area contributed by atoms with Crippen molar-refractivity contribution >= 4 is 59.6 Å². The molecular weight excluding hydrogens is 1070 g/mol. The Hall–Kier alpha value is -5.34. The third-order valence-electron chi connectivity index (χ3n) is 15.8. The van der Waals surface area contributed by atoms with Crippen LogP contribution in [0.4, 0.5) is 0 Å². The molecule has 2 aliphatic heterocycles. The monoisotopic (exact) mass is 1190 g/mol.